The lowest BCUT2D eigenvalue weighted by Gasteiger charge is -2.22. The Morgan fingerprint density at radius 2 is 0.618 bits per heavy atom. The first-order valence-electron chi connectivity index (χ1n) is 34.9. The van der Waals surface area contributed by atoms with Gasteiger partial charge in [0.1, 0.15) is 0 Å². The molecule has 0 radical (unpaired) electrons. The Hall–Kier alpha value is -1.40. The molecular weight excluding hydrogens is 935 g/mol. The van der Waals surface area contributed by atoms with Crippen LogP contribution in [0.4, 0.5) is 0 Å². The van der Waals surface area contributed by atoms with Crippen molar-refractivity contribution in [1.29, 1.82) is 0 Å². The molecule has 3 N–H and O–H groups in total. The first-order chi connectivity index (χ1) is 37.5. The summed E-state index contributed by atoms with van der Waals surface area (Å²) in [6.07, 6.45) is 81.0. The maximum Gasteiger partial charge on any atom is 0.305 e. The second-order valence-corrected chi connectivity index (χ2v) is 24.2. The van der Waals surface area contributed by atoms with Crippen molar-refractivity contribution in [3.05, 3.63) is 12.2 Å². The molecule has 0 saturated heterocycles. The normalized spacial score (nSPS) is 12.5. The Kier molecular flexibility index (Phi) is 64.9. The van der Waals surface area contributed by atoms with Gasteiger partial charge in [0.05, 0.1) is 25.4 Å². The molecule has 0 bridgehead atoms. The van der Waals surface area contributed by atoms with Crippen molar-refractivity contribution < 1.29 is 24.5 Å². The lowest BCUT2D eigenvalue weighted by atomic mass is 10.0. The van der Waals surface area contributed by atoms with Crippen molar-refractivity contribution in [2.45, 2.75) is 411 Å². The molecule has 6 heteroatoms. The number of nitrogens with one attached hydrogen (secondary N) is 1. The van der Waals surface area contributed by atoms with E-state index in [0.29, 0.717) is 25.9 Å². The van der Waals surface area contributed by atoms with E-state index in [1.807, 2.05) is 0 Å². The van der Waals surface area contributed by atoms with Gasteiger partial charge in [-0.05, 0) is 51.4 Å². The molecule has 0 spiro atoms. The van der Waals surface area contributed by atoms with Crippen LogP contribution >= 0.6 is 0 Å². The zero-order valence-corrected chi connectivity index (χ0v) is 51.8. The molecule has 2 unspecified atom stereocenters. The third kappa shape index (κ3) is 61.8. The quantitative estimate of drug-likeness (QED) is 0.0320. The summed E-state index contributed by atoms with van der Waals surface area (Å²) in [5.41, 5.74) is 0. The maximum atomic E-state index is 12.6. The predicted octanol–water partition coefficient (Wildman–Crippen LogP) is 22.4. The highest BCUT2D eigenvalue weighted by atomic mass is 16.5. The van der Waals surface area contributed by atoms with E-state index in [9.17, 15) is 19.8 Å². The minimum absolute atomic E-state index is 0.00463. The van der Waals surface area contributed by atoms with Gasteiger partial charge in [0, 0.05) is 12.8 Å². The highest BCUT2D eigenvalue weighted by Gasteiger charge is 2.20. The van der Waals surface area contributed by atoms with E-state index in [4.69, 9.17) is 4.74 Å². The van der Waals surface area contributed by atoms with Crippen LogP contribution in [0.5, 0.6) is 0 Å². The van der Waals surface area contributed by atoms with Crippen LogP contribution in [0.15, 0.2) is 12.2 Å². The van der Waals surface area contributed by atoms with Crippen LogP contribution in [0.25, 0.3) is 0 Å². The lowest BCUT2D eigenvalue weighted by Crippen LogP contribution is -2.45. The van der Waals surface area contributed by atoms with Crippen LogP contribution in [0.3, 0.4) is 0 Å². The molecule has 0 fully saturated rings. The summed E-state index contributed by atoms with van der Waals surface area (Å²) >= 11 is 0. The number of amides is 1. The Labute approximate surface area is 476 Å². The van der Waals surface area contributed by atoms with Crippen molar-refractivity contribution in [3.8, 4) is 0 Å². The number of allylic oxidation sites excluding steroid dienone is 2. The van der Waals surface area contributed by atoms with E-state index in [0.717, 1.165) is 44.9 Å². The minimum atomic E-state index is -0.667. The molecule has 76 heavy (non-hydrogen) atoms. The van der Waals surface area contributed by atoms with Crippen molar-refractivity contribution in [2.75, 3.05) is 13.2 Å². The first-order valence-corrected chi connectivity index (χ1v) is 34.9. The lowest BCUT2D eigenvalue weighted by molar-refractivity contribution is -0.143. The number of aliphatic hydroxyl groups is 2. The van der Waals surface area contributed by atoms with Crippen molar-refractivity contribution in [3.63, 3.8) is 0 Å². The number of carbonyl (C=O) groups excluding carboxylic acids is 2. The molecule has 6 nitrogen and oxygen atoms in total. The fourth-order valence-electron chi connectivity index (χ4n) is 11.2. The van der Waals surface area contributed by atoms with Gasteiger partial charge in [-0.25, -0.2) is 0 Å². The molecule has 0 rings (SSSR count). The zero-order valence-electron chi connectivity index (χ0n) is 51.8. The van der Waals surface area contributed by atoms with E-state index in [1.165, 1.54) is 321 Å². The Morgan fingerprint density at radius 3 is 0.934 bits per heavy atom. The number of esters is 1. The summed E-state index contributed by atoms with van der Waals surface area (Å²) in [5.74, 6) is -0.0272. The summed E-state index contributed by atoms with van der Waals surface area (Å²) in [5, 5.41) is 23.4. The SMILES string of the molecule is CCCCCCCCC/C=C\CCCCCCCC(=O)OCCCCCCCCCCCCCCCCCCCCCCC(=O)NC(CO)C(O)CCCCCCCCCCCCCCCCCCCCCCCCC. The van der Waals surface area contributed by atoms with Gasteiger partial charge in [0.2, 0.25) is 5.91 Å². The number of hydrogen-bond donors (Lipinski definition) is 3. The standard InChI is InChI=1S/C70H137NO5/c1-3-5-7-9-11-13-15-17-19-21-22-23-24-25-28-31-34-38-42-46-50-54-58-62-68(73)67(66-72)71-69(74)63-59-55-51-47-43-39-35-32-29-26-27-30-33-37-41-45-49-53-57-61-65-76-70(75)64-60-56-52-48-44-40-36-20-18-16-14-12-10-8-6-4-2/h20,36,67-68,72-73H,3-19,21-35,37-66H2,1-2H3,(H,71,74)/b36-20-. The highest BCUT2D eigenvalue weighted by molar-refractivity contribution is 5.76. The Balaban J connectivity index is 3.38. The molecule has 1 amide bonds. The van der Waals surface area contributed by atoms with Crippen LogP contribution in [0.1, 0.15) is 399 Å². The van der Waals surface area contributed by atoms with Crippen LogP contribution in [-0.4, -0.2) is 47.4 Å². The van der Waals surface area contributed by atoms with E-state index >= 15 is 0 Å². The highest BCUT2D eigenvalue weighted by Crippen LogP contribution is 2.19. The molecule has 0 aliphatic rings. The van der Waals surface area contributed by atoms with Gasteiger partial charge in [-0.3, -0.25) is 9.59 Å². The van der Waals surface area contributed by atoms with Crippen LogP contribution < -0.4 is 5.32 Å². The molecule has 0 aromatic carbocycles. The second kappa shape index (κ2) is 66.1. The van der Waals surface area contributed by atoms with Gasteiger partial charge in [-0.15, -0.1) is 0 Å². The molecule has 0 aliphatic heterocycles. The summed E-state index contributed by atoms with van der Waals surface area (Å²) in [6, 6.07) is -0.544. The molecule has 0 aromatic rings. The number of unbranched alkanes of at least 4 members (excludes halogenated alkanes) is 53. The molecule has 0 saturated carbocycles. The van der Waals surface area contributed by atoms with Gasteiger partial charge in [0.25, 0.3) is 0 Å². The van der Waals surface area contributed by atoms with Crippen LogP contribution in [-0.2, 0) is 14.3 Å². The maximum absolute atomic E-state index is 12.6. The summed E-state index contributed by atoms with van der Waals surface area (Å²) in [7, 11) is 0. The molecule has 0 heterocycles. The molecular formula is C70H137NO5. The number of hydrogen-bond acceptors (Lipinski definition) is 5. The van der Waals surface area contributed by atoms with Gasteiger partial charge < -0.3 is 20.3 Å². The summed E-state index contributed by atoms with van der Waals surface area (Å²) < 4.78 is 5.49. The number of ether oxygens (including phenoxy) is 1. The summed E-state index contributed by atoms with van der Waals surface area (Å²) in [4.78, 5) is 24.6. The molecule has 2 atom stereocenters. The number of rotatable bonds is 66. The van der Waals surface area contributed by atoms with Crippen molar-refractivity contribution >= 4 is 11.9 Å². The fraction of sp³-hybridized carbons (Fsp3) is 0.943. The number of aliphatic hydroxyl groups excluding tert-OH is 2. The second-order valence-electron chi connectivity index (χ2n) is 24.2. The van der Waals surface area contributed by atoms with Gasteiger partial charge in [-0.2, -0.15) is 0 Å². The smallest absolute Gasteiger partial charge is 0.305 e. The Morgan fingerprint density at radius 1 is 0.355 bits per heavy atom. The van der Waals surface area contributed by atoms with E-state index in [1.54, 1.807) is 0 Å². The van der Waals surface area contributed by atoms with Gasteiger partial charge in [0.15, 0.2) is 0 Å². The first kappa shape index (κ1) is 74.6. The van der Waals surface area contributed by atoms with E-state index < -0.39 is 12.1 Å². The molecule has 0 aromatic heterocycles. The monoisotopic (exact) mass is 1070 g/mol. The third-order valence-corrected chi connectivity index (χ3v) is 16.6. The minimum Gasteiger partial charge on any atom is -0.466 e. The zero-order chi connectivity index (χ0) is 55.0. The van der Waals surface area contributed by atoms with Crippen molar-refractivity contribution in [1.82, 2.24) is 5.32 Å². The van der Waals surface area contributed by atoms with E-state index in [2.05, 4.69) is 31.3 Å². The van der Waals surface area contributed by atoms with Crippen molar-refractivity contribution in [2.24, 2.45) is 0 Å². The fourth-order valence-corrected chi connectivity index (χ4v) is 11.2. The average Bonchev–Trinajstić information content (AvgIpc) is 3.42. The average molecular weight is 1070 g/mol. The van der Waals surface area contributed by atoms with E-state index in [-0.39, 0.29) is 18.5 Å². The van der Waals surface area contributed by atoms with Crippen LogP contribution in [0, 0.1) is 0 Å². The predicted molar refractivity (Wildman–Crippen MR) is 333 cm³/mol. The van der Waals surface area contributed by atoms with Crippen LogP contribution in [0.2, 0.25) is 0 Å². The third-order valence-electron chi connectivity index (χ3n) is 16.6. The van der Waals surface area contributed by atoms with Gasteiger partial charge in [-0.1, -0.05) is 347 Å². The largest absolute Gasteiger partial charge is 0.466 e. The van der Waals surface area contributed by atoms with Gasteiger partial charge >= 0.3 is 5.97 Å². The Bertz CT molecular complexity index is 1140. The number of carbonyl (C=O) groups is 2. The summed E-state index contributed by atoms with van der Waals surface area (Å²) in [6.45, 7) is 4.98. The topological polar surface area (TPSA) is 95.9 Å². The molecule has 452 valence electrons. The molecule has 0 aliphatic carbocycles.